The molecule has 1 aromatic heterocycles. The molecule has 0 unspecified atom stereocenters. The number of hydrogen-bond donors (Lipinski definition) is 0. The van der Waals surface area contributed by atoms with Crippen LogP contribution in [0.25, 0.3) is 11.5 Å². The molecule has 0 saturated heterocycles. The maximum atomic E-state index is 12.1. The molecule has 0 fully saturated rings. The fraction of sp³-hybridized carbons (Fsp3) is 0.0625. The fourth-order valence-electron chi connectivity index (χ4n) is 1.87. The number of carbonyl (C=O) groups is 1. The second-order valence-corrected chi connectivity index (χ2v) is 6.34. The third kappa shape index (κ3) is 3.93. The summed E-state index contributed by atoms with van der Waals surface area (Å²) in [6.45, 7) is 0. The highest BCUT2D eigenvalue weighted by molar-refractivity contribution is 7.99. The Hall–Kier alpha value is -1.82. The average Bonchev–Trinajstić information content (AvgIpc) is 3.03. The summed E-state index contributed by atoms with van der Waals surface area (Å²) < 4.78 is 5.54. The van der Waals surface area contributed by atoms with Gasteiger partial charge in [-0.05, 0) is 36.4 Å². The van der Waals surface area contributed by atoms with Gasteiger partial charge in [-0.1, -0.05) is 47.1 Å². The van der Waals surface area contributed by atoms with Crippen LogP contribution in [0, 0.1) is 0 Å². The Bertz CT molecular complexity index is 834. The number of hydrogen-bond acceptors (Lipinski definition) is 5. The van der Waals surface area contributed by atoms with E-state index >= 15 is 0 Å². The van der Waals surface area contributed by atoms with Crippen LogP contribution in [0.5, 0.6) is 0 Å². The zero-order valence-corrected chi connectivity index (χ0v) is 14.0. The molecule has 0 atom stereocenters. The topological polar surface area (TPSA) is 56.0 Å². The predicted molar refractivity (Wildman–Crippen MR) is 91.3 cm³/mol. The van der Waals surface area contributed by atoms with Crippen molar-refractivity contribution in [2.45, 2.75) is 5.22 Å². The lowest BCUT2D eigenvalue weighted by Gasteiger charge is -2.01. The molecule has 4 nitrogen and oxygen atoms in total. The van der Waals surface area contributed by atoms with Gasteiger partial charge in [0.05, 0.1) is 10.8 Å². The Morgan fingerprint density at radius 3 is 2.52 bits per heavy atom. The molecule has 116 valence electrons. The molecule has 0 aliphatic heterocycles. The quantitative estimate of drug-likeness (QED) is 0.469. The van der Waals surface area contributed by atoms with Gasteiger partial charge in [0, 0.05) is 16.1 Å². The molecule has 2 aromatic carbocycles. The minimum atomic E-state index is -0.0909. The number of carbonyl (C=O) groups excluding carboxylic acids is 1. The first-order valence-electron chi connectivity index (χ1n) is 6.63. The molecule has 0 bridgehead atoms. The van der Waals surface area contributed by atoms with Crippen LogP contribution in [0.3, 0.4) is 0 Å². The van der Waals surface area contributed by atoms with Gasteiger partial charge in [-0.3, -0.25) is 4.79 Å². The highest BCUT2D eigenvalue weighted by atomic mass is 35.5. The van der Waals surface area contributed by atoms with Crippen molar-refractivity contribution >= 4 is 40.7 Å². The Kier molecular flexibility index (Phi) is 5.00. The highest BCUT2D eigenvalue weighted by Crippen LogP contribution is 2.25. The molecule has 3 rings (SSSR count). The van der Waals surface area contributed by atoms with Crippen LogP contribution in [0.2, 0.25) is 10.0 Å². The van der Waals surface area contributed by atoms with Gasteiger partial charge in [-0.2, -0.15) is 0 Å². The summed E-state index contributed by atoms with van der Waals surface area (Å²) in [6.07, 6.45) is 0. The molecular weight excluding hydrogens is 355 g/mol. The lowest BCUT2D eigenvalue weighted by atomic mass is 10.1. The summed E-state index contributed by atoms with van der Waals surface area (Å²) in [7, 11) is 0. The van der Waals surface area contributed by atoms with E-state index in [1.54, 1.807) is 48.5 Å². The van der Waals surface area contributed by atoms with Crippen LogP contribution in [0.4, 0.5) is 0 Å². The van der Waals surface area contributed by atoms with E-state index < -0.39 is 0 Å². The maximum Gasteiger partial charge on any atom is 0.277 e. The van der Waals surface area contributed by atoms with Crippen molar-refractivity contribution in [1.29, 1.82) is 0 Å². The van der Waals surface area contributed by atoms with Gasteiger partial charge in [-0.15, -0.1) is 10.2 Å². The Morgan fingerprint density at radius 2 is 1.78 bits per heavy atom. The van der Waals surface area contributed by atoms with E-state index in [1.807, 2.05) is 0 Å². The molecule has 0 amide bonds. The van der Waals surface area contributed by atoms with E-state index in [9.17, 15) is 4.79 Å². The number of nitrogens with zero attached hydrogens (tertiary/aromatic N) is 2. The number of halogens is 2. The number of aromatic nitrogens is 2. The molecule has 0 aliphatic carbocycles. The van der Waals surface area contributed by atoms with Crippen LogP contribution in [0.15, 0.2) is 58.2 Å². The summed E-state index contributed by atoms with van der Waals surface area (Å²) in [6, 6.07) is 14.0. The fourth-order valence-corrected chi connectivity index (χ4v) is 2.88. The molecule has 0 radical (unpaired) electrons. The lowest BCUT2D eigenvalue weighted by Crippen LogP contribution is -2.02. The monoisotopic (exact) mass is 364 g/mol. The largest absolute Gasteiger partial charge is 0.411 e. The predicted octanol–water partition coefficient (Wildman–Crippen LogP) is 5.02. The molecule has 3 aromatic rings. The van der Waals surface area contributed by atoms with Crippen molar-refractivity contribution in [1.82, 2.24) is 10.2 Å². The summed E-state index contributed by atoms with van der Waals surface area (Å²) >= 11 is 13.0. The van der Waals surface area contributed by atoms with Crippen molar-refractivity contribution in [3.05, 3.63) is 64.1 Å². The zero-order chi connectivity index (χ0) is 16.2. The summed E-state index contributed by atoms with van der Waals surface area (Å²) in [4.78, 5) is 12.1. The van der Waals surface area contributed by atoms with E-state index in [-0.39, 0.29) is 11.5 Å². The smallest absolute Gasteiger partial charge is 0.277 e. The third-order valence-electron chi connectivity index (χ3n) is 3.00. The molecule has 0 N–H and O–H groups in total. The summed E-state index contributed by atoms with van der Waals surface area (Å²) in [5.41, 5.74) is 1.25. The van der Waals surface area contributed by atoms with Crippen LogP contribution in [0.1, 0.15) is 10.4 Å². The molecule has 0 aliphatic rings. The zero-order valence-electron chi connectivity index (χ0n) is 11.7. The van der Waals surface area contributed by atoms with E-state index in [4.69, 9.17) is 27.6 Å². The molecule has 23 heavy (non-hydrogen) atoms. The number of ketones is 1. The first-order valence-corrected chi connectivity index (χ1v) is 8.37. The molecule has 0 saturated carbocycles. The van der Waals surface area contributed by atoms with Crippen LogP contribution in [-0.2, 0) is 0 Å². The third-order valence-corrected chi connectivity index (χ3v) is 4.40. The van der Waals surface area contributed by atoms with E-state index in [0.717, 1.165) is 5.56 Å². The normalized spacial score (nSPS) is 10.7. The second-order valence-electron chi connectivity index (χ2n) is 4.57. The molecular formula is C16H10Cl2N2O2S. The van der Waals surface area contributed by atoms with E-state index in [2.05, 4.69) is 10.2 Å². The molecule has 0 spiro atoms. The summed E-state index contributed by atoms with van der Waals surface area (Å²) in [5.74, 6) is 0.465. The van der Waals surface area contributed by atoms with Crippen molar-refractivity contribution in [3.63, 3.8) is 0 Å². The Labute approximate surface area is 146 Å². The molecule has 7 heteroatoms. The van der Waals surface area contributed by atoms with E-state index in [1.165, 1.54) is 11.8 Å². The Balaban J connectivity index is 1.67. The van der Waals surface area contributed by atoms with E-state index in [0.29, 0.717) is 26.7 Å². The minimum Gasteiger partial charge on any atom is -0.411 e. The number of thioether (sulfide) groups is 1. The first-order chi connectivity index (χ1) is 11.1. The van der Waals surface area contributed by atoms with Gasteiger partial charge in [0.2, 0.25) is 5.89 Å². The highest BCUT2D eigenvalue weighted by Gasteiger charge is 2.14. The van der Waals surface area contributed by atoms with Crippen molar-refractivity contribution in [2.75, 3.05) is 5.75 Å². The van der Waals surface area contributed by atoms with Crippen LogP contribution >= 0.6 is 35.0 Å². The van der Waals surface area contributed by atoms with Gasteiger partial charge in [-0.25, -0.2) is 0 Å². The number of rotatable bonds is 5. The van der Waals surface area contributed by atoms with Crippen molar-refractivity contribution in [2.24, 2.45) is 0 Å². The average molecular weight is 365 g/mol. The summed E-state index contributed by atoms with van der Waals surface area (Å²) in [5, 5.41) is 9.29. The molecule has 1 heterocycles. The standard InChI is InChI=1S/C16H10Cl2N2O2S/c17-11-7-5-10(6-8-11)15-19-20-16(22-15)23-9-14(21)12-3-1-2-4-13(12)18/h1-8H,9H2. The van der Waals surface area contributed by atoms with Crippen LogP contribution in [-0.4, -0.2) is 21.7 Å². The maximum absolute atomic E-state index is 12.1. The van der Waals surface area contributed by atoms with Gasteiger partial charge in [0.25, 0.3) is 5.22 Å². The van der Waals surface area contributed by atoms with Gasteiger partial charge < -0.3 is 4.42 Å². The minimum absolute atomic E-state index is 0.0909. The number of Topliss-reactive ketones (excluding diaryl/α,β-unsaturated/α-hetero) is 1. The first kappa shape index (κ1) is 16.1. The lowest BCUT2D eigenvalue weighted by molar-refractivity contribution is 0.102. The Morgan fingerprint density at radius 1 is 1.04 bits per heavy atom. The van der Waals surface area contributed by atoms with Crippen LogP contribution < -0.4 is 0 Å². The second kappa shape index (κ2) is 7.17. The van der Waals surface area contributed by atoms with Gasteiger partial charge in [0.1, 0.15) is 0 Å². The van der Waals surface area contributed by atoms with Gasteiger partial charge in [0.15, 0.2) is 5.78 Å². The van der Waals surface area contributed by atoms with Crippen molar-refractivity contribution < 1.29 is 9.21 Å². The van der Waals surface area contributed by atoms with Gasteiger partial charge >= 0.3 is 0 Å². The SMILES string of the molecule is O=C(CSc1nnc(-c2ccc(Cl)cc2)o1)c1ccccc1Cl. The van der Waals surface area contributed by atoms with Crippen molar-refractivity contribution in [3.8, 4) is 11.5 Å². The number of benzene rings is 2.